The van der Waals surface area contributed by atoms with Gasteiger partial charge in [0.2, 0.25) is 20.0 Å². The number of carbonyl (C=O) groups excluding carboxylic acids is 1. The summed E-state index contributed by atoms with van der Waals surface area (Å²) in [5.74, 6) is -1.19. The predicted octanol–water partition coefficient (Wildman–Crippen LogP) is -0.854. The zero-order chi connectivity index (χ0) is 13.3. The molecule has 8 nitrogen and oxygen atoms in total. The molecule has 1 heterocycles. The molecule has 0 fully saturated rings. The second kappa shape index (κ2) is 4.47. The molecule has 0 aliphatic rings. The highest BCUT2D eigenvalue weighted by Gasteiger charge is 2.29. The van der Waals surface area contributed by atoms with Crippen LogP contribution in [0.25, 0.3) is 0 Å². The van der Waals surface area contributed by atoms with E-state index in [1.165, 1.54) is 18.4 Å². The fourth-order valence-electron chi connectivity index (χ4n) is 0.958. The van der Waals surface area contributed by atoms with E-state index in [0.29, 0.717) is 12.5 Å². The lowest BCUT2D eigenvalue weighted by atomic mass is 10.4. The van der Waals surface area contributed by atoms with Crippen molar-refractivity contribution in [1.82, 2.24) is 9.25 Å². The SMILES string of the molecule is CS(=O)(=O)N(NC(=O)c1ccco1)S(C)(=O)=O. The fraction of sp³-hybridized carbons (Fsp3) is 0.286. The zero-order valence-corrected chi connectivity index (χ0v) is 10.6. The van der Waals surface area contributed by atoms with E-state index in [0.717, 1.165) is 0 Å². The van der Waals surface area contributed by atoms with E-state index in [9.17, 15) is 21.6 Å². The first kappa shape index (κ1) is 13.7. The molecule has 0 saturated carbocycles. The molecule has 0 atom stereocenters. The van der Waals surface area contributed by atoms with E-state index < -0.39 is 26.0 Å². The van der Waals surface area contributed by atoms with Crippen molar-refractivity contribution in [3.8, 4) is 0 Å². The molecule has 1 aromatic rings. The van der Waals surface area contributed by atoms with Crippen LogP contribution in [0.4, 0.5) is 0 Å². The summed E-state index contributed by atoms with van der Waals surface area (Å²) in [6.07, 6.45) is 2.49. The highest BCUT2D eigenvalue weighted by atomic mass is 32.3. The average Bonchev–Trinajstić information content (AvgIpc) is 2.62. The topological polar surface area (TPSA) is 114 Å². The summed E-state index contributed by atoms with van der Waals surface area (Å²) in [4.78, 5) is 11.4. The highest BCUT2D eigenvalue weighted by Crippen LogP contribution is 2.04. The van der Waals surface area contributed by atoms with Gasteiger partial charge in [-0.3, -0.25) is 10.2 Å². The Hall–Kier alpha value is -1.39. The van der Waals surface area contributed by atoms with E-state index >= 15 is 0 Å². The van der Waals surface area contributed by atoms with Gasteiger partial charge in [-0.25, -0.2) is 16.8 Å². The van der Waals surface area contributed by atoms with Gasteiger partial charge in [0.15, 0.2) is 5.76 Å². The molecule has 0 unspecified atom stereocenters. The molecule has 17 heavy (non-hydrogen) atoms. The van der Waals surface area contributed by atoms with Crippen molar-refractivity contribution >= 4 is 26.0 Å². The number of hydrazine groups is 1. The van der Waals surface area contributed by atoms with E-state index in [1.807, 2.05) is 0 Å². The van der Waals surface area contributed by atoms with Gasteiger partial charge in [-0.05, 0) is 16.0 Å². The standard InChI is InChI=1S/C7H10N2O6S2/c1-16(11,12)9(17(2,13)14)8-7(10)6-4-3-5-15-6/h3-5H,1-2H3,(H,8,10). The van der Waals surface area contributed by atoms with Crippen molar-refractivity contribution in [1.29, 1.82) is 0 Å². The average molecular weight is 282 g/mol. The zero-order valence-electron chi connectivity index (χ0n) is 8.95. The van der Waals surface area contributed by atoms with Crippen molar-refractivity contribution in [2.45, 2.75) is 0 Å². The molecule has 0 bridgehead atoms. The van der Waals surface area contributed by atoms with Crippen LogP contribution in [0.5, 0.6) is 0 Å². The molecule has 1 amide bonds. The molecule has 0 saturated heterocycles. The van der Waals surface area contributed by atoms with Gasteiger partial charge in [0.1, 0.15) is 0 Å². The second-order valence-corrected chi connectivity index (χ2v) is 7.03. The minimum atomic E-state index is -4.14. The quantitative estimate of drug-likeness (QED) is 0.719. The summed E-state index contributed by atoms with van der Waals surface area (Å²) in [6, 6.07) is 2.66. The van der Waals surface area contributed by atoms with Crippen molar-refractivity contribution in [3.05, 3.63) is 24.2 Å². The van der Waals surface area contributed by atoms with E-state index in [2.05, 4.69) is 0 Å². The van der Waals surface area contributed by atoms with Gasteiger partial charge in [0.05, 0.1) is 18.8 Å². The number of amides is 1. The van der Waals surface area contributed by atoms with Crippen LogP contribution in [0.3, 0.4) is 0 Å². The third-order valence-electron chi connectivity index (χ3n) is 1.54. The molecule has 0 spiro atoms. The first-order chi connectivity index (χ1) is 7.62. The summed E-state index contributed by atoms with van der Waals surface area (Å²) >= 11 is 0. The molecule has 0 radical (unpaired) electrons. The van der Waals surface area contributed by atoms with E-state index in [1.54, 1.807) is 5.43 Å². The fourth-order valence-corrected chi connectivity index (χ4v) is 3.42. The van der Waals surface area contributed by atoms with Gasteiger partial charge < -0.3 is 4.42 Å². The van der Waals surface area contributed by atoms with Crippen LogP contribution in [0.2, 0.25) is 0 Å². The van der Waals surface area contributed by atoms with Crippen LogP contribution in [-0.4, -0.2) is 39.1 Å². The maximum Gasteiger partial charge on any atom is 0.302 e. The number of sulfonamides is 2. The van der Waals surface area contributed by atoms with Crippen LogP contribution in [0.1, 0.15) is 10.6 Å². The Kier molecular flexibility index (Phi) is 3.59. The van der Waals surface area contributed by atoms with Crippen molar-refractivity contribution in [2.24, 2.45) is 0 Å². The molecule has 0 aliphatic heterocycles. The van der Waals surface area contributed by atoms with Crippen LogP contribution in [-0.2, 0) is 20.0 Å². The van der Waals surface area contributed by atoms with Crippen molar-refractivity contribution in [3.63, 3.8) is 0 Å². The lowest BCUT2D eigenvalue weighted by Crippen LogP contribution is -2.48. The summed E-state index contributed by atoms with van der Waals surface area (Å²) in [6.45, 7) is 0. The van der Waals surface area contributed by atoms with Crippen molar-refractivity contribution in [2.75, 3.05) is 12.5 Å². The summed E-state index contributed by atoms with van der Waals surface area (Å²) in [5, 5.41) is 0. The molecule has 0 aliphatic carbocycles. The Morgan fingerprint density at radius 3 is 2.12 bits per heavy atom. The largest absolute Gasteiger partial charge is 0.459 e. The highest BCUT2D eigenvalue weighted by molar-refractivity contribution is 8.03. The van der Waals surface area contributed by atoms with Gasteiger partial charge >= 0.3 is 5.91 Å². The Morgan fingerprint density at radius 1 is 1.24 bits per heavy atom. The number of carbonyl (C=O) groups is 1. The summed E-state index contributed by atoms with van der Waals surface area (Å²) < 4.78 is 49.3. The Labute approximate surface area is 98.3 Å². The van der Waals surface area contributed by atoms with E-state index in [4.69, 9.17) is 4.42 Å². The monoisotopic (exact) mass is 282 g/mol. The van der Waals surface area contributed by atoms with Crippen molar-refractivity contribution < 1.29 is 26.0 Å². The molecule has 96 valence electrons. The van der Waals surface area contributed by atoms with Gasteiger partial charge in [-0.1, -0.05) is 0 Å². The normalized spacial score (nSPS) is 12.6. The van der Waals surface area contributed by atoms with Crippen LogP contribution in [0.15, 0.2) is 22.8 Å². The number of hydrogen-bond donors (Lipinski definition) is 1. The number of nitrogens with one attached hydrogen (secondary N) is 1. The van der Waals surface area contributed by atoms with Gasteiger partial charge in [0.25, 0.3) is 0 Å². The molecular weight excluding hydrogens is 272 g/mol. The van der Waals surface area contributed by atoms with Crippen LogP contribution in [0, 0.1) is 0 Å². The third-order valence-corrected chi connectivity index (χ3v) is 4.55. The molecule has 10 heteroatoms. The second-order valence-electron chi connectivity index (χ2n) is 3.14. The first-order valence-electron chi connectivity index (χ1n) is 4.17. The Balaban J connectivity index is 3.02. The summed E-state index contributed by atoms with van der Waals surface area (Å²) in [5.41, 5.74) is 1.72. The van der Waals surface area contributed by atoms with E-state index in [-0.39, 0.29) is 9.58 Å². The van der Waals surface area contributed by atoms with Gasteiger partial charge in [0, 0.05) is 0 Å². The molecular formula is C7H10N2O6S2. The smallest absolute Gasteiger partial charge is 0.302 e. The maximum absolute atomic E-state index is 11.4. The lowest BCUT2D eigenvalue weighted by molar-refractivity contribution is 0.0886. The molecule has 0 aromatic carbocycles. The van der Waals surface area contributed by atoms with Gasteiger partial charge in [-0.2, -0.15) is 0 Å². The molecule has 1 aromatic heterocycles. The van der Waals surface area contributed by atoms with Crippen LogP contribution >= 0.6 is 0 Å². The minimum absolute atomic E-state index is 0.120. The Bertz CT molecular complexity index is 569. The number of nitrogens with zero attached hydrogens (tertiary/aromatic N) is 1. The molecule has 1 N–H and O–H groups in total. The minimum Gasteiger partial charge on any atom is -0.459 e. The number of hydrogen-bond acceptors (Lipinski definition) is 6. The number of furan rings is 1. The van der Waals surface area contributed by atoms with Gasteiger partial charge in [-0.15, -0.1) is 0 Å². The summed E-state index contributed by atoms with van der Waals surface area (Å²) in [7, 11) is -8.27. The Morgan fingerprint density at radius 2 is 1.76 bits per heavy atom. The lowest BCUT2D eigenvalue weighted by Gasteiger charge is -2.17. The third kappa shape index (κ3) is 3.54. The molecule has 1 rings (SSSR count). The first-order valence-corrected chi connectivity index (χ1v) is 7.87. The predicted molar refractivity (Wildman–Crippen MR) is 57.7 cm³/mol. The van der Waals surface area contributed by atoms with Crippen LogP contribution < -0.4 is 5.43 Å². The number of rotatable bonds is 4. The maximum atomic E-state index is 11.4.